The van der Waals surface area contributed by atoms with E-state index >= 15 is 0 Å². The summed E-state index contributed by atoms with van der Waals surface area (Å²) in [7, 11) is 3.38. The van der Waals surface area contributed by atoms with Crippen LogP contribution < -0.4 is 16.4 Å². The molecular formula is C36H44ClN5O9S3. The summed E-state index contributed by atoms with van der Waals surface area (Å²) < 4.78 is -0.197. The van der Waals surface area contributed by atoms with Crippen LogP contribution in [0, 0.1) is 0 Å². The molecule has 0 bridgehead atoms. The van der Waals surface area contributed by atoms with Crippen molar-refractivity contribution in [3.63, 3.8) is 0 Å². The van der Waals surface area contributed by atoms with Crippen LogP contribution in [0.2, 0.25) is 5.02 Å². The zero-order valence-electron chi connectivity index (χ0n) is 29.7. The van der Waals surface area contributed by atoms with Crippen molar-refractivity contribution in [2.75, 3.05) is 37.9 Å². The van der Waals surface area contributed by atoms with E-state index in [0.717, 1.165) is 22.2 Å². The lowest BCUT2D eigenvalue weighted by molar-refractivity contribution is -0.139. The Hall–Kier alpha value is -4.03. The fraction of sp³-hybridized carbons (Fsp3) is 0.417. The molecule has 18 heteroatoms. The molecule has 3 aromatic rings. The Labute approximate surface area is 330 Å². The van der Waals surface area contributed by atoms with Gasteiger partial charge in [0.05, 0.1) is 16.5 Å². The number of amides is 3. The first-order chi connectivity index (χ1) is 25.6. The number of fused-ring (bicyclic) bond motifs is 1. The predicted molar refractivity (Wildman–Crippen MR) is 213 cm³/mol. The van der Waals surface area contributed by atoms with Crippen molar-refractivity contribution in [1.29, 1.82) is 0 Å². The maximum Gasteiger partial charge on any atom is 0.322 e. The Balaban J connectivity index is 1.96. The molecule has 0 spiro atoms. The molecular weight excluding hydrogens is 778 g/mol. The average Bonchev–Trinajstić information content (AvgIpc) is 3.12. The molecule has 1 aromatic heterocycles. The minimum atomic E-state index is -1.27. The van der Waals surface area contributed by atoms with Gasteiger partial charge in [0.15, 0.2) is 0 Å². The zero-order chi connectivity index (χ0) is 39.8. The smallest absolute Gasteiger partial charge is 0.322 e. The van der Waals surface area contributed by atoms with E-state index in [0.29, 0.717) is 34.9 Å². The summed E-state index contributed by atoms with van der Waals surface area (Å²) in [5.41, 5.74) is 8.71. The van der Waals surface area contributed by atoms with Crippen molar-refractivity contribution in [3.8, 4) is 0 Å². The number of pyridine rings is 1. The molecule has 3 amide bonds. The summed E-state index contributed by atoms with van der Waals surface area (Å²) in [6, 6.07) is 14.5. The molecule has 0 saturated heterocycles. The number of hydrogen-bond donors (Lipinski definition) is 6. The lowest BCUT2D eigenvalue weighted by atomic mass is 10.0. The number of carboxylic acids is 3. The Morgan fingerprint density at radius 3 is 2.22 bits per heavy atom. The van der Waals surface area contributed by atoms with Crippen LogP contribution in [0.25, 0.3) is 10.9 Å². The quantitative estimate of drug-likeness (QED) is 0.0737. The minimum absolute atomic E-state index is 0.00860. The zero-order valence-corrected chi connectivity index (χ0v) is 32.9. The van der Waals surface area contributed by atoms with Crippen LogP contribution in [0.1, 0.15) is 52.3 Å². The molecule has 0 saturated carbocycles. The van der Waals surface area contributed by atoms with Crippen LogP contribution in [0.15, 0.2) is 54.6 Å². The van der Waals surface area contributed by atoms with E-state index in [1.807, 2.05) is 42.5 Å². The molecule has 54 heavy (non-hydrogen) atoms. The van der Waals surface area contributed by atoms with Crippen molar-refractivity contribution >= 4 is 93.4 Å². The highest BCUT2D eigenvalue weighted by molar-refractivity contribution is 8.16. The molecule has 0 aliphatic carbocycles. The molecule has 3 rings (SSSR count). The number of aromatic nitrogens is 1. The third kappa shape index (κ3) is 15.4. The van der Waals surface area contributed by atoms with Gasteiger partial charge in [-0.1, -0.05) is 48.0 Å². The van der Waals surface area contributed by atoms with Crippen molar-refractivity contribution in [3.05, 3.63) is 76.4 Å². The van der Waals surface area contributed by atoms with Crippen LogP contribution in [0.5, 0.6) is 0 Å². The SMILES string of the molecule is CN(C)C(=O)CCS[C@H](SCCC(=O)O)c1cccc(C(Cc2ccc3ccc(Cl)cc3n2)SC[C@H](NC(=O)CC[C@H](N)C(=O)O)C(=O)NCC(=O)O)c1. The standard InChI is InChI=1S/C36H44ClN5O9S3/c1-42(2)31(44)12-14-52-36(53-15-13-32(45)46)23-5-3-4-22(16-23)29(18-25-9-7-21-6-8-24(37)17-27(21)40-25)54-20-28(34(49)39-19-33(47)48)41-30(43)11-10-26(38)35(50)51/h3-9,16-17,26,28-29,36H,10-15,18-20,38H2,1-2H3,(H,39,49)(H,41,43)(H,45,46)(H,47,48)(H,50,51)/t26-,28-,29?,36+/m0/s1. The maximum absolute atomic E-state index is 13.2. The van der Waals surface area contributed by atoms with Gasteiger partial charge in [-0.25, -0.2) is 0 Å². The summed E-state index contributed by atoms with van der Waals surface area (Å²) in [5, 5.41) is 33.5. The lowest BCUT2D eigenvalue weighted by Crippen LogP contribution is -2.49. The summed E-state index contributed by atoms with van der Waals surface area (Å²) in [4.78, 5) is 78.4. The second-order valence-corrected chi connectivity index (χ2v) is 16.7. The van der Waals surface area contributed by atoms with Gasteiger partial charge in [-0.05, 0) is 35.7 Å². The molecule has 292 valence electrons. The van der Waals surface area contributed by atoms with E-state index in [1.165, 1.54) is 28.4 Å². The highest BCUT2D eigenvalue weighted by atomic mass is 35.5. The highest BCUT2D eigenvalue weighted by Crippen LogP contribution is 2.42. The number of carbonyl (C=O) groups excluding carboxylic acids is 3. The van der Waals surface area contributed by atoms with Crippen LogP contribution >= 0.6 is 46.9 Å². The van der Waals surface area contributed by atoms with Gasteiger partial charge in [-0.2, -0.15) is 11.8 Å². The number of nitrogens with one attached hydrogen (secondary N) is 2. The van der Waals surface area contributed by atoms with Crippen molar-refractivity contribution in [1.82, 2.24) is 20.5 Å². The number of benzene rings is 2. The molecule has 1 heterocycles. The topological polar surface area (TPSA) is 229 Å². The van der Waals surface area contributed by atoms with Gasteiger partial charge < -0.3 is 36.6 Å². The monoisotopic (exact) mass is 821 g/mol. The second kappa shape index (κ2) is 22.4. The molecule has 0 aliphatic heterocycles. The number of halogens is 1. The number of thioether (sulfide) groups is 3. The average molecular weight is 822 g/mol. The number of nitrogens with zero attached hydrogens (tertiary/aromatic N) is 2. The highest BCUT2D eigenvalue weighted by Gasteiger charge is 2.26. The molecule has 14 nitrogen and oxygen atoms in total. The first-order valence-corrected chi connectivity index (χ1v) is 20.3. The maximum atomic E-state index is 13.2. The van der Waals surface area contributed by atoms with E-state index in [-0.39, 0.29) is 40.8 Å². The van der Waals surface area contributed by atoms with E-state index in [1.54, 1.807) is 38.0 Å². The summed E-state index contributed by atoms with van der Waals surface area (Å²) >= 11 is 10.6. The Bertz CT molecular complexity index is 1800. The normalized spacial score (nSPS) is 13.3. The third-order valence-electron chi connectivity index (χ3n) is 7.86. The molecule has 7 N–H and O–H groups in total. The van der Waals surface area contributed by atoms with Crippen LogP contribution in [-0.4, -0.2) is 111 Å². The molecule has 4 atom stereocenters. The van der Waals surface area contributed by atoms with Crippen LogP contribution in [-0.2, 0) is 35.2 Å². The fourth-order valence-electron chi connectivity index (χ4n) is 4.94. The molecule has 2 aromatic carbocycles. The summed E-state index contributed by atoms with van der Waals surface area (Å²) in [6.45, 7) is -0.673. The van der Waals surface area contributed by atoms with Gasteiger partial charge in [-0.15, -0.1) is 23.5 Å². The fourth-order valence-corrected chi connectivity index (χ4v) is 9.05. The number of carbonyl (C=O) groups is 6. The molecule has 0 fully saturated rings. The van der Waals surface area contributed by atoms with Crippen molar-refractivity contribution in [2.45, 2.75) is 54.0 Å². The second-order valence-electron chi connectivity index (χ2n) is 12.3. The number of hydrogen-bond acceptors (Lipinski definition) is 11. The third-order valence-corrected chi connectivity index (χ3v) is 12.3. The number of rotatable bonds is 23. The van der Waals surface area contributed by atoms with E-state index < -0.39 is 48.4 Å². The lowest BCUT2D eigenvalue weighted by Gasteiger charge is -2.24. The summed E-state index contributed by atoms with van der Waals surface area (Å²) in [5.74, 6) is -3.97. The summed E-state index contributed by atoms with van der Waals surface area (Å²) in [6.07, 6.45) is 0.214. The van der Waals surface area contributed by atoms with E-state index in [4.69, 9.17) is 32.5 Å². The Morgan fingerprint density at radius 1 is 0.870 bits per heavy atom. The van der Waals surface area contributed by atoms with E-state index in [9.17, 15) is 33.9 Å². The number of carboxylic acid groups (broad SMARTS) is 3. The first kappa shape index (κ1) is 44.4. The molecule has 0 aliphatic rings. The van der Waals surface area contributed by atoms with Gasteiger partial charge in [0.1, 0.15) is 18.6 Å². The van der Waals surface area contributed by atoms with Crippen LogP contribution in [0.4, 0.5) is 0 Å². The van der Waals surface area contributed by atoms with Gasteiger partial charge >= 0.3 is 17.9 Å². The minimum Gasteiger partial charge on any atom is -0.481 e. The molecule has 0 radical (unpaired) electrons. The van der Waals surface area contributed by atoms with Gasteiger partial charge in [0, 0.05) is 72.0 Å². The van der Waals surface area contributed by atoms with E-state index in [2.05, 4.69) is 10.6 Å². The van der Waals surface area contributed by atoms with Crippen molar-refractivity contribution in [2.24, 2.45) is 5.73 Å². The number of aliphatic carboxylic acids is 3. The van der Waals surface area contributed by atoms with Crippen LogP contribution in [0.3, 0.4) is 0 Å². The predicted octanol–water partition coefficient (Wildman–Crippen LogP) is 4.20. The first-order valence-electron chi connectivity index (χ1n) is 16.8. The van der Waals surface area contributed by atoms with Gasteiger partial charge in [-0.3, -0.25) is 33.8 Å². The Morgan fingerprint density at radius 2 is 1.56 bits per heavy atom. The number of nitrogens with two attached hydrogens (primary N) is 1. The van der Waals surface area contributed by atoms with Gasteiger partial charge in [0.25, 0.3) is 0 Å². The van der Waals surface area contributed by atoms with Gasteiger partial charge in [0.2, 0.25) is 17.7 Å². The largest absolute Gasteiger partial charge is 0.481 e. The van der Waals surface area contributed by atoms with Crippen molar-refractivity contribution < 1.29 is 44.1 Å². The molecule has 1 unspecified atom stereocenters. The Kier molecular flexibility index (Phi) is 18.4.